The minimum atomic E-state index is -0.571. The van der Waals surface area contributed by atoms with Gasteiger partial charge in [-0.25, -0.2) is 4.79 Å². The number of rotatable bonds is 11. The topological polar surface area (TPSA) is 93.4 Å². The predicted molar refractivity (Wildman–Crippen MR) is 163 cm³/mol. The SMILES string of the molecule is COc1cc(/C=C/C(=O)c2ccc(OC(=O)c3c(C)oc4ccc(OCc5ccccc5)cc34)cc2)cc(OC)c1OC. The lowest BCUT2D eigenvalue weighted by Gasteiger charge is -2.12. The van der Waals surface area contributed by atoms with Crippen molar-refractivity contribution in [3.63, 3.8) is 0 Å². The maximum atomic E-state index is 13.2. The Bertz CT molecular complexity index is 1760. The van der Waals surface area contributed by atoms with Gasteiger partial charge in [0.15, 0.2) is 17.3 Å². The molecule has 8 heteroatoms. The molecule has 0 aliphatic heterocycles. The number of carbonyl (C=O) groups excluding carboxylic acids is 2. The Hall–Kier alpha value is -5.50. The lowest BCUT2D eigenvalue weighted by atomic mass is 10.1. The van der Waals surface area contributed by atoms with Crippen LogP contribution in [0.4, 0.5) is 0 Å². The molecule has 0 spiro atoms. The van der Waals surface area contributed by atoms with Gasteiger partial charge in [0.25, 0.3) is 0 Å². The van der Waals surface area contributed by atoms with E-state index in [9.17, 15) is 9.59 Å². The number of methoxy groups -OCH3 is 3. The molecule has 0 unspecified atom stereocenters. The van der Waals surface area contributed by atoms with Crippen LogP contribution in [-0.2, 0) is 6.61 Å². The maximum Gasteiger partial charge on any atom is 0.347 e. The second-order valence-electron chi connectivity index (χ2n) is 9.54. The zero-order chi connectivity index (χ0) is 30.3. The number of ether oxygens (including phenoxy) is 5. The summed E-state index contributed by atoms with van der Waals surface area (Å²) in [5.41, 5.74) is 3.02. The molecule has 0 atom stereocenters. The van der Waals surface area contributed by atoms with Crippen molar-refractivity contribution in [1.82, 2.24) is 0 Å². The molecule has 1 aromatic heterocycles. The molecule has 5 aromatic rings. The molecule has 0 amide bonds. The predicted octanol–water partition coefficient (Wildman–Crippen LogP) is 7.46. The summed E-state index contributed by atoms with van der Waals surface area (Å²) in [4.78, 5) is 26.0. The highest BCUT2D eigenvalue weighted by Gasteiger charge is 2.21. The fourth-order valence-electron chi connectivity index (χ4n) is 4.59. The van der Waals surface area contributed by atoms with E-state index >= 15 is 0 Å². The van der Waals surface area contributed by atoms with Gasteiger partial charge in [-0.15, -0.1) is 0 Å². The van der Waals surface area contributed by atoms with E-state index in [4.69, 9.17) is 28.1 Å². The van der Waals surface area contributed by atoms with Crippen molar-refractivity contribution in [2.45, 2.75) is 13.5 Å². The quantitative estimate of drug-likeness (QED) is 0.0690. The smallest absolute Gasteiger partial charge is 0.347 e. The molecule has 0 saturated carbocycles. The maximum absolute atomic E-state index is 13.2. The zero-order valence-electron chi connectivity index (χ0n) is 24.2. The molecule has 43 heavy (non-hydrogen) atoms. The number of furan rings is 1. The largest absolute Gasteiger partial charge is 0.493 e. The van der Waals surface area contributed by atoms with E-state index < -0.39 is 5.97 Å². The minimum absolute atomic E-state index is 0.230. The summed E-state index contributed by atoms with van der Waals surface area (Å²) in [7, 11) is 4.58. The van der Waals surface area contributed by atoms with Gasteiger partial charge >= 0.3 is 5.97 Å². The van der Waals surface area contributed by atoms with Gasteiger partial charge < -0.3 is 28.1 Å². The standard InChI is InChI=1S/C35H30O8/c1-22-33(28-20-27(15-17-30(28)42-22)41-21-23-8-6-5-7-9-23)35(37)43-26-13-11-25(12-14-26)29(36)16-10-24-18-31(38-2)34(40-4)32(19-24)39-3/h5-20H,21H2,1-4H3/b16-10+. The molecule has 0 aliphatic rings. The first-order valence-corrected chi connectivity index (χ1v) is 13.4. The number of carbonyl (C=O) groups is 2. The van der Waals surface area contributed by atoms with E-state index in [2.05, 4.69) is 0 Å². The molecule has 218 valence electrons. The Morgan fingerprint density at radius 2 is 1.47 bits per heavy atom. The molecule has 0 saturated heterocycles. The fourth-order valence-corrected chi connectivity index (χ4v) is 4.59. The second-order valence-corrected chi connectivity index (χ2v) is 9.54. The van der Waals surface area contributed by atoms with Crippen molar-refractivity contribution >= 4 is 28.8 Å². The third kappa shape index (κ3) is 6.54. The number of allylic oxidation sites excluding steroid dienone is 1. The summed E-state index contributed by atoms with van der Waals surface area (Å²) in [6.07, 6.45) is 3.10. The summed E-state index contributed by atoms with van der Waals surface area (Å²) >= 11 is 0. The van der Waals surface area contributed by atoms with E-state index in [1.165, 1.54) is 27.4 Å². The summed E-state index contributed by atoms with van der Waals surface area (Å²) in [5, 5.41) is 0.594. The van der Waals surface area contributed by atoms with E-state index in [0.29, 0.717) is 68.8 Å². The number of aryl methyl sites for hydroxylation is 1. The van der Waals surface area contributed by atoms with Crippen molar-refractivity contribution in [1.29, 1.82) is 0 Å². The summed E-state index contributed by atoms with van der Waals surface area (Å²) in [6, 6.07) is 25.0. The fraction of sp³-hybridized carbons (Fsp3) is 0.143. The lowest BCUT2D eigenvalue weighted by Crippen LogP contribution is -2.09. The Morgan fingerprint density at radius 3 is 2.12 bits per heavy atom. The van der Waals surface area contributed by atoms with Crippen LogP contribution < -0.4 is 23.7 Å². The van der Waals surface area contributed by atoms with Crippen LogP contribution in [0.25, 0.3) is 17.0 Å². The average molecular weight is 579 g/mol. The third-order valence-corrected chi connectivity index (χ3v) is 6.75. The van der Waals surface area contributed by atoms with E-state index in [-0.39, 0.29) is 5.78 Å². The first-order chi connectivity index (χ1) is 20.9. The van der Waals surface area contributed by atoms with Crippen molar-refractivity contribution in [3.05, 3.63) is 119 Å². The van der Waals surface area contributed by atoms with Crippen LogP contribution in [0, 0.1) is 6.92 Å². The highest BCUT2D eigenvalue weighted by molar-refractivity contribution is 6.07. The van der Waals surface area contributed by atoms with Gasteiger partial charge in [-0.2, -0.15) is 0 Å². The van der Waals surface area contributed by atoms with Gasteiger partial charge in [-0.05, 0) is 78.7 Å². The van der Waals surface area contributed by atoms with Crippen LogP contribution in [0.1, 0.15) is 37.6 Å². The van der Waals surface area contributed by atoms with Gasteiger partial charge in [0.1, 0.15) is 35.0 Å². The van der Waals surface area contributed by atoms with Crippen LogP contribution in [0.2, 0.25) is 0 Å². The zero-order valence-corrected chi connectivity index (χ0v) is 24.2. The Morgan fingerprint density at radius 1 is 0.791 bits per heavy atom. The van der Waals surface area contributed by atoms with E-state index in [1.807, 2.05) is 30.3 Å². The number of ketones is 1. The Labute approximate surface area is 249 Å². The first kappa shape index (κ1) is 29.0. The summed E-state index contributed by atoms with van der Waals surface area (Å²) in [6.45, 7) is 2.11. The molecule has 0 N–H and O–H groups in total. The normalized spacial score (nSPS) is 11.0. The van der Waals surface area contributed by atoms with E-state index in [1.54, 1.807) is 67.6 Å². The summed E-state index contributed by atoms with van der Waals surface area (Å²) in [5.74, 6) is 1.96. The monoisotopic (exact) mass is 578 g/mol. The van der Waals surface area contributed by atoms with Gasteiger partial charge in [-0.3, -0.25) is 4.79 Å². The van der Waals surface area contributed by atoms with Crippen LogP contribution in [0.15, 0.2) is 95.4 Å². The number of fused-ring (bicyclic) bond motifs is 1. The summed E-state index contributed by atoms with van der Waals surface area (Å²) < 4.78 is 33.5. The van der Waals surface area contributed by atoms with Crippen LogP contribution in [-0.4, -0.2) is 33.1 Å². The number of hydrogen-bond donors (Lipinski definition) is 0. The molecular weight excluding hydrogens is 548 g/mol. The van der Waals surface area contributed by atoms with Crippen molar-refractivity contribution in [3.8, 4) is 28.7 Å². The number of hydrogen-bond acceptors (Lipinski definition) is 8. The van der Waals surface area contributed by atoms with Crippen molar-refractivity contribution in [2.75, 3.05) is 21.3 Å². The lowest BCUT2D eigenvalue weighted by molar-refractivity contribution is 0.0734. The van der Waals surface area contributed by atoms with Crippen LogP contribution >= 0.6 is 0 Å². The van der Waals surface area contributed by atoms with Gasteiger partial charge in [-0.1, -0.05) is 36.4 Å². The molecule has 0 aliphatic carbocycles. The average Bonchev–Trinajstić information content (AvgIpc) is 3.37. The minimum Gasteiger partial charge on any atom is -0.493 e. The van der Waals surface area contributed by atoms with E-state index in [0.717, 1.165) is 5.56 Å². The van der Waals surface area contributed by atoms with Crippen LogP contribution in [0.3, 0.4) is 0 Å². The molecule has 1 heterocycles. The van der Waals surface area contributed by atoms with Gasteiger partial charge in [0, 0.05) is 10.9 Å². The van der Waals surface area contributed by atoms with Crippen molar-refractivity contribution in [2.24, 2.45) is 0 Å². The molecule has 0 radical (unpaired) electrons. The second kappa shape index (κ2) is 13.0. The molecular formula is C35H30O8. The molecule has 5 rings (SSSR count). The Kier molecular flexibility index (Phi) is 8.77. The number of benzene rings is 4. The van der Waals surface area contributed by atoms with Gasteiger partial charge in [0.05, 0.1) is 21.3 Å². The van der Waals surface area contributed by atoms with Crippen LogP contribution in [0.5, 0.6) is 28.7 Å². The molecule has 0 fully saturated rings. The highest BCUT2D eigenvalue weighted by atomic mass is 16.5. The van der Waals surface area contributed by atoms with Crippen molar-refractivity contribution < 1.29 is 37.7 Å². The third-order valence-electron chi connectivity index (χ3n) is 6.75. The molecule has 0 bridgehead atoms. The molecule has 4 aromatic carbocycles. The first-order valence-electron chi connectivity index (χ1n) is 13.4. The Balaban J connectivity index is 1.28. The number of esters is 1. The van der Waals surface area contributed by atoms with Gasteiger partial charge in [0.2, 0.25) is 5.75 Å². The highest BCUT2D eigenvalue weighted by Crippen LogP contribution is 2.38. The molecule has 8 nitrogen and oxygen atoms in total.